The van der Waals surface area contributed by atoms with Gasteiger partial charge in [0, 0.05) is 13.5 Å². The third-order valence-electron chi connectivity index (χ3n) is 2.42. The van der Waals surface area contributed by atoms with Crippen LogP contribution in [-0.2, 0) is 15.4 Å². The average molecular weight is 225 g/mol. The van der Waals surface area contributed by atoms with Crippen molar-refractivity contribution in [3.8, 4) is 0 Å². The molecule has 1 N–H and O–H groups in total. The molecule has 1 fully saturated rings. The SMILES string of the molecule is CN1SO[C@]1(Cc1ccccc1)C(=O)O. The van der Waals surface area contributed by atoms with Crippen LogP contribution in [0.4, 0.5) is 0 Å². The molecular weight excluding hydrogens is 214 g/mol. The fraction of sp³-hybridized carbons (Fsp3) is 0.300. The van der Waals surface area contributed by atoms with Gasteiger partial charge in [0.2, 0.25) is 5.72 Å². The van der Waals surface area contributed by atoms with Gasteiger partial charge in [0.05, 0.1) is 12.2 Å². The van der Waals surface area contributed by atoms with E-state index in [9.17, 15) is 4.79 Å². The van der Waals surface area contributed by atoms with Crippen molar-refractivity contribution in [2.75, 3.05) is 7.05 Å². The van der Waals surface area contributed by atoms with Crippen molar-refractivity contribution >= 4 is 18.2 Å². The first kappa shape index (κ1) is 10.5. The van der Waals surface area contributed by atoms with Gasteiger partial charge < -0.3 is 5.11 Å². The Labute approximate surface area is 92.2 Å². The van der Waals surface area contributed by atoms with Crippen LogP contribution in [0.5, 0.6) is 0 Å². The molecule has 1 heterocycles. The zero-order chi connectivity index (χ0) is 10.9. The zero-order valence-electron chi connectivity index (χ0n) is 8.21. The molecule has 1 saturated heterocycles. The second-order valence-electron chi connectivity index (χ2n) is 3.41. The van der Waals surface area contributed by atoms with Crippen LogP contribution in [0.3, 0.4) is 0 Å². The fourth-order valence-corrected chi connectivity index (χ4v) is 2.14. The standard InChI is InChI=1S/C10H11NO3S/c1-11-10(9(12)13,14-15-11)7-8-5-3-2-4-6-8/h2-6H,7H2,1H3,(H,12,13)/t10-/m1/s1. The minimum atomic E-state index is -1.20. The van der Waals surface area contributed by atoms with Crippen LogP contribution < -0.4 is 0 Å². The highest BCUT2D eigenvalue weighted by Crippen LogP contribution is 2.41. The molecule has 1 atom stereocenters. The lowest BCUT2D eigenvalue weighted by molar-refractivity contribution is -0.172. The lowest BCUT2D eigenvalue weighted by Gasteiger charge is -2.44. The van der Waals surface area contributed by atoms with Crippen molar-refractivity contribution in [2.24, 2.45) is 0 Å². The van der Waals surface area contributed by atoms with Gasteiger partial charge in [0.25, 0.3) is 0 Å². The van der Waals surface area contributed by atoms with Gasteiger partial charge in [0.1, 0.15) is 0 Å². The summed E-state index contributed by atoms with van der Waals surface area (Å²) in [5.74, 6) is -0.951. The van der Waals surface area contributed by atoms with Crippen LogP contribution >= 0.6 is 12.2 Å². The fourth-order valence-electron chi connectivity index (χ4n) is 1.46. The van der Waals surface area contributed by atoms with E-state index < -0.39 is 11.7 Å². The minimum absolute atomic E-state index is 0.354. The highest BCUT2D eigenvalue weighted by Gasteiger charge is 2.53. The molecule has 5 heteroatoms. The van der Waals surface area contributed by atoms with Crippen molar-refractivity contribution < 1.29 is 14.1 Å². The van der Waals surface area contributed by atoms with Crippen LogP contribution in [-0.4, -0.2) is 28.2 Å². The maximum Gasteiger partial charge on any atom is 0.354 e. The van der Waals surface area contributed by atoms with Crippen molar-refractivity contribution in [1.29, 1.82) is 0 Å². The van der Waals surface area contributed by atoms with Crippen molar-refractivity contribution in [3.05, 3.63) is 35.9 Å². The Morgan fingerprint density at radius 2 is 2.20 bits per heavy atom. The molecule has 1 aromatic carbocycles. The van der Waals surface area contributed by atoms with E-state index in [2.05, 4.69) is 0 Å². The number of carboxylic acid groups (broad SMARTS) is 1. The molecule has 0 aliphatic carbocycles. The second-order valence-corrected chi connectivity index (χ2v) is 4.27. The summed E-state index contributed by atoms with van der Waals surface area (Å²) < 4.78 is 6.75. The normalized spacial score (nSPS) is 25.9. The van der Waals surface area contributed by atoms with Crippen LogP contribution in [0, 0.1) is 0 Å². The van der Waals surface area contributed by atoms with Gasteiger partial charge in [-0.05, 0) is 5.56 Å². The first-order chi connectivity index (χ1) is 7.15. The number of aliphatic carboxylic acids is 1. The smallest absolute Gasteiger partial charge is 0.354 e. The van der Waals surface area contributed by atoms with E-state index in [0.29, 0.717) is 6.42 Å². The quantitative estimate of drug-likeness (QED) is 0.624. The number of carboxylic acids is 1. The van der Waals surface area contributed by atoms with Gasteiger partial charge in [-0.25, -0.2) is 4.79 Å². The Balaban J connectivity index is 2.19. The minimum Gasteiger partial charge on any atom is -0.478 e. The Hall–Kier alpha value is -1.04. The topological polar surface area (TPSA) is 49.8 Å². The molecule has 1 aliphatic rings. The number of hydrogen-bond donors (Lipinski definition) is 1. The van der Waals surface area contributed by atoms with E-state index in [1.807, 2.05) is 30.3 Å². The Morgan fingerprint density at radius 1 is 1.53 bits per heavy atom. The Kier molecular flexibility index (Phi) is 2.68. The molecular formula is C10H11NO3S. The lowest BCUT2D eigenvalue weighted by atomic mass is 10.0. The number of rotatable bonds is 3. The number of benzene rings is 1. The summed E-state index contributed by atoms with van der Waals surface area (Å²) in [5, 5.41) is 9.14. The molecule has 0 radical (unpaired) electrons. The van der Waals surface area contributed by atoms with Crippen LogP contribution in [0.15, 0.2) is 30.3 Å². The van der Waals surface area contributed by atoms with E-state index in [1.54, 1.807) is 11.4 Å². The summed E-state index contributed by atoms with van der Waals surface area (Å²) in [7, 11) is 1.71. The van der Waals surface area contributed by atoms with Crippen LogP contribution in [0.2, 0.25) is 0 Å². The molecule has 0 bridgehead atoms. The van der Waals surface area contributed by atoms with Crippen LogP contribution in [0.1, 0.15) is 5.56 Å². The molecule has 2 rings (SSSR count). The van der Waals surface area contributed by atoms with Gasteiger partial charge in [0.15, 0.2) is 0 Å². The van der Waals surface area contributed by atoms with Gasteiger partial charge in [-0.3, -0.25) is 4.18 Å². The number of likely N-dealkylation sites (N-methyl/N-ethyl adjacent to an activating group) is 1. The van der Waals surface area contributed by atoms with Crippen molar-refractivity contribution in [2.45, 2.75) is 12.1 Å². The van der Waals surface area contributed by atoms with E-state index >= 15 is 0 Å². The lowest BCUT2D eigenvalue weighted by Crippen LogP contribution is -2.59. The summed E-state index contributed by atoms with van der Waals surface area (Å²) in [5.41, 5.74) is -0.251. The molecule has 0 spiro atoms. The zero-order valence-corrected chi connectivity index (χ0v) is 9.03. The van der Waals surface area contributed by atoms with Crippen molar-refractivity contribution in [3.63, 3.8) is 0 Å². The first-order valence-corrected chi connectivity index (χ1v) is 5.22. The van der Waals surface area contributed by atoms with Crippen LogP contribution in [0.25, 0.3) is 0 Å². The Morgan fingerprint density at radius 3 is 2.60 bits per heavy atom. The van der Waals surface area contributed by atoms with E-state index in [4.69, 9.17) is 9.29 Å². The molecule has 80 valence electrons. The monoisotopic (exact) mass is 225 g/mol. The van der Waals surface area contributed by atoms with E-state index in [0.717, 1.165) is 17.8 Å². The van der Waals surface area contributed by atoms with E-state index in [-0.39, 0.29) is 0 Å². The molecule has 0 unspecified atom stereocenters. The third kappa shape index (κ3) is 1.73. The summed E-state index contributed by atoms with van der Waals surface area (Å²) in [6, 6.07) is 9.46. The summed E-state index contributed by atoms with van der Waals surface area (Å²) >= 11 is 1.07. The highest BCUT2D eigenvalue weighted by atomic mass is 32.2. The molecule has 4 nitrogen and oxygen atoms in total. The summed E-state index contributed by atoms with van der Waals surface area (Å²) in [6.07, 6.45) is 0.354. The number of hydrogen-bond acceptors (Lipinski definition) is 4. The molecule has 1 aromatic rings. The summed E-state index contributed by atoms with van der Waals surface area (Å²) in [6.45, 7) is 0. The maximum atomic E-state index is 11.1. The second kappa shape index (κ2) is 3.84. The van der Waals surface area contributed by atoms with E-state index in [1.165, 1.54) is 0 Å². The Bertz CT molecular complexity index is 370. The average Bonchev–Trinajstić information content (AvgIpc) is 2.24. The largest absolute Gasteiger partial charge is 0.478 e. The number of carbonyl (C=O) groups is 1. The van der Waals surface area contributed by atoms with Gasteiger partial charge >= 0.3 is 5.97 Å². The third-order valence-corrected chi connectivity index (χ3v) is 3.29. The molecule has 1 aliphatic heterocycles. The number of nitrogens with zero attached hydrogens (tertiary/aromatic N) is 1. The predicted molar refractivity (Wildman–Crippen MR) is 57.0 cm³/mol. The van der Waals surface area contributed by atoms with Gasteiger partial charge in [-0.2, -0.15) is 4.31 Å². The van der Waals surface area contributed by atoms with Gasteiger partial charge in [-0.15, -0.1) is 0 Å². The first-order valence-electron chi connectivity index (χ1n) is 4.52. The molecule has 15 heavy (non-hydrogen) atoms. The van der Waals surface area contributed by atoms with Gasteiger partial charge in [-0.1, -0.05) is 30.3 Å². The summed E-state index contributed by atoms with van der Waals surface area (Å²) in [4.78, 5) is 11.1. The maximum absolute atomic E-state index is 11.1. The molecule has 0 amide bonds. The molecule has 0 aromatic heterocycles. The highest BCUT2D eigenvalue weighted by molar-refractivity contribution is 7.93. The molecule has 0 saturated carbocycles. The van der Waals surface area contributed by atoms with Crippen molar-refractivity contribution in [1.82, 2.24) is 4.31 Å². The predicted octanol–water partition coefficient (Wildman–Crippen LogP) is 1.54.